The van der Waals surface area contributed by atoms with E-state index in [0.717, 1.165) is 12.3 Å². The van der Waals surface area contributed by atoms with E-state index in [9.17, 15) is 4.79 Å². The van der Waals surface area contributed by atoms with Crippen LogP contribution in [0.3, 0.4) is 0 Å². The molecule has 1 aliphatic heterocycles. The van der Waals surface area contributed by atoms with Crippen LogP contribution in [0.4, 0.5) is 0 Å². The van der Waals surface area contributed by atoms with Crippen molar-refractivity contribution in [2.24, 2.45) is 0 Å². The Hall–Kier alpha value is -1.17. The predicted octanol–water partition coefficient (Wildman–Crippen LogP) is 4.05. The van der Waals surface area contributed by atoms with Gasteiger partial charge in [-0.1, -0.05) is 17.7 Å². The van der Waals surface area contributed by atoms with E-state index in [2.05, 4.69) is 6.07 Å². The maximum atomic E-state index is 12.4. The molecule has 0 N–H and O–H groups in total. The second kappa shape index (κ2) is 6.73. The maximum Gasteiger partial charge on any atom is 0.261 e. The Labute approximate surface area is 136 Å². The Kier molecular flexibility index (Phi) is 4.73. The standard InChI is InChI=1S/C15H14ClNO2S2/c16-11-3-5-12(6-4-11)19-10-14(18)17-7-9-21-15(17)13-2-1-8-20-13/h1-6,8,15H,7,9-10H2. The lowest BCUT2D eigenvalue weighted by Gasteiger charge is -2.22. The molecule has 2 aromatic rings. The number of hydrogen-bond acceptors (Lipinski definition) is 4. The number of amides is 1. The number of nitrogens with zero attached hydrogens (tertiary/aromatic N) is 1. The van der Waals surface area contributed by atoms with E-state index < -0.39 is 0 Å². The second-order valence-electron chi connectivity index (χ2n) is 4.57. The largest absolute Gasteiger partial charge is 0.484 e. The molecule has 0 spiro atoms. The van der Waals surface area contributed by atoms with Crippen LogP contribution in [0.2, 0.25) is 5.02 Å². The normalized spacial score (nSPS) is 18.0. The first-order chi connectivity index (χ1) is 10.2. The van der Waals surface area contributed by atoms with E-state index in [0.29, 0.717) is 10.8 Å². The van der Waals surface area contributed by atoms with Crippen LogP contribution >= 0.6 is 34.7 Å². The number of ether oxygens (including phenoxy) is 1. The van der Waals surface area contributed by atoms with E-state index in [1.165, 1.54) is 4.88 Å². The molecule has 1 aromatic carbocycles. The monoisotopic (exact) mass is 339 g/mol. The summed E-state index contributed by atoms with van der Waals surface area (Å²) in [6.45, 7) is 0.833. The van der Waals surface area contributed by atoms with Gasteiger partial charge < -0.3 is 9.64 Å². The summed E-state index contributed by atoms with van der Waals surface area (Å²) < 4.78 is 5.55. The fourth-order valence-electron chi connectivity index (χ4n) is 2.15. The van der Waals surface area contributed by atoms with Crippen molar-refractivity contribution in [3.05, 3.63) is 51.7 Å². The number of benzene rings is 1. The third-order valence-corrected chi connectivity index (χ3v) is 5.74. The van der Waals surface area contributed by atoms with Gasteiger partial charge in [0.1, 0.15) is 11.1 Å². The number of carbonyl (C=O) groups excluding carboxylic acids is 1. The molecule has 110 valence electrons. The third kappa shape index (κ3) is 3.54. The summed E-state index contributed by atoms with van der Waals surface area (Å²) in [4.78, 5) is 15.5. The first-order valence-corrected chi connectivity index (χ1v) is 8.87. The molecule has 21 heavy (non-hydrogen) atoms. The molecule has 3 rings (SSSR count). The van der Waals surface area contributed by atoms with E-state index in [4.69, 9.17) is 16.3 Å². The van der Waals surface area contributed by atoms with Gasteiger partial charge in [-0.15, -0.1) is 23.1 Å². The highest BCUT2D eigenvalue weighted by atomic mass is 35.5. The van der Waals surface area contributed by atoms with E-state index in [1.807, 2.05) is 16.3 Å². The van der Waals surface area contributed by atoms with E-state index >= 15 is 0 Å². The molecule has 1 fully saturated rings. The lowest BCUT2D eigenvalue weighted by atomic mass is 10.3. The zero-order chi connectivity index (χ0) is 14.7. The van der Waals surface area contributed by atoms with Crippen molar-refractivity contribution in [1.29, 1.82) is 0 Å². The summed E-state index contributed by atoms with van der Waals surface area (Å²) in [7, 11) is 0. The first-order valence-electron chi connectivity index (χ1n) is 6.57. The van der Waals surface area contributed by atoms with Gasteiger partial charge in [0, 0.05) is 22.2 Å². The first kappa shape index (κ1) is 14.8. The molecule has 1 atom stereocenters. The van der Waals surface area contributed by atoms with Crippen molar-refractivity contribution >= 4 is 40.6 Å². The Morgan fingerprint density at radius 1 is 1.33 bits per heavy atom. The summed E-state index contributed by atoms with van der Waals surface area (Å²) in [5.41, 5.74) is 0. The average Bonchev–Trinajstić information content (AvgIpc) is 3.16. The van der Waals surface area contributed by atoms with Crippen LogP contribution in [0.15, 0.2) is 41.8 Å². The molecule has 0 radical (unpaired) electrons. The highest BCUT2D eigenvalue weighted by Crippen LogP contribution is 2.39. The number of halogens is 1. The zero-order valence-corrected chi connectivity index (χ0v) is 13.6. The predicted molar refractivity (Wildman–Crippen MR) is 88.2 cm³/mol. The zero-order valence-electron chi connectivity index (χ0n) is 11.2. The summed E-state index contributed by atoms with van der Waals surface area (Å²) >= 11 is 9.31. The minimum atomic E-state index is 0.0216. The number of hydrogen-bond donors (Lipinski definition) is 0. The van der Waals surface area contributed by atoms with Crippen molar-refractivity contribution in [1.82, 2.24) is 4.90 Å². The highest BCUT2D eigenvalue weighted by molar-refractivity contribution is 7.99. The van der Waals surface area contributed by atoms with Crippen LogP contribution in [-0.4, -0.2) is 29.7 Å². The van der Waals surface area contributed by atoms with Crippen LogP contribution in [0.5, 0.6) is 5.75 Å². The molecule has 1 unspecified atom stereocenters. The molecular weight excluding hydrogens is 326 g/mol. The van der Waals surface area contributed by atoms with Crippen LogP contribution in [0, 0.1) is 0 Å². The van der Waals surface area contributed by atoms with Gasteiger partial charge in [0.2, 0.25) is 0 Å². The molecular formula is C15H14ClNO2S2. The van der Waals surface area contributed by atoms with Crippen molar-refractivity contribution in [2.75, 3.05) is 18.9 Å². The molecule has 6 heteroatoms. The maximum absolute atomic E-state index is 12.4. The van der Waals surface area contributed by atoms with Gasteiger partial charge in [-0.25, -0.2) is 0 Å². The summed E-state index contributed by atoms with van der Waals surface area (Å²) in [5.74, 6) is 1.65. The van der Waals surface area contributed by atoms with Crippen LogP contribution < -0.4 is 4.74 Å². The van der Waals surface area contributed by atoms with Gasteiger partial charge in [-0.3, -0.25) is 4.79 Å². The molecule has 2 heterocycles. The van der Waals surface area contributed by atoms with Crippen LogP contribution in [0.1, 0.15) is 10.3 Å². The number of thiophene rings is 1. The number of thioether (sulfide) groups is 1. The van der Waals surface area contributed by atoms with Crippen molar-refractivity contribution in [3.8, 4) is 5.75 Å². The van der Waals surface area contributed by atoms with Crippen LogP contribution in [0.25, 0.3) is 0 Å². The highest BCUT2D eigenvalue weighted by Gasteiger charge is 2.31. The third-order valence-electron chi connectivity index (χ3n) is 3.17. The Bertz CT molecular complexity index is 601. The Morgan fingerprint density at radius 3 is 2.86 bits per heavy atom. The topological polar surface area (TPSA) is 29.5 Å². The molecule has 0 bridgehead atoms. The summed E-state index contributed by atoms with van der Waals surface area (Å²) in [6.07, 6.45) is 0. The quantitative estimate of drug-likeness (QED) is 0.841. The van der Waals surface area contributed by atoms with Gasteiger partial charge in [0.25, 0.3) is 5.91 Å². The molecule has 1 aromatic heterocycles. The average molecular weight is 340 g/mol. The lowest BCUT2D eigenvalue weighted by molar-refractivity contribution is -0.133. The minimum absolute atomic E-state index is 0.0216. The van der Waals surface area contributed by atoms with Crippen LogP contribution in [-0.2, 0) is 4.79 Å². The van der Waals surface area contributed by atoms with Gasteiger partial charge in [0.05, 0.1) is 0 Å². The van der Waals surface area contributed by atoms with Gasteiger partial charge >= 0.3 is 0 Å². The van der Waals surface area contributed by atoms with Gasteiger partial charge in [-0.05, 0) is 35.7 Å². The SMILES string of the molecule is O=C(COc1ccc(Cl)cc1)N1CCSC1c1cccs1. The number of carbonyl (C=O) groups is 1. The van der Waals surface area contributed by atoms with E-state index in [-0.39, 0.29) is 17.9 Å². The van der Waals surface area contributed by atoms with Crippen molar-refractivity contribution < 1.29 is 9.53 Å². The number of rotatable bonds is 4. The molecule has 0 saturated carbocycles. The Balaban J connectivity index is 1.61. The fourth-order valence-corrected chi connectivity index (χ4v) is 4.53. The summed E-state index contributed by atoms with van der Waals surface area (Å²) in [6, 6.07) is 11.1. The van der Waals surface area contributed by atoms with Gasteiger partial charge in [-0.2, -0.15) is 0 Å². The molecule has 3 nitrogen and oxygen atoms in total. The fraction of sp³-hybridized carbons (Fsp3) is 0.267. The smallest absolute Gasteiger partial charge is 0.261 e. The minimum Gasteiger partial charge on any atom is -0.484 e. The summed E-state index contributed by atoms with van der Waals surface area (Å²) in [5, 5.41) is 2.83. The lowest BCUT2D eigenvalue weighted by Crippen LogP contribution is -2.34. The Morgan fingerprint density at radius 2 is 2.14 bits per heavy atom. The molecule has 1 saturated heterocycles. The molecule has 1 aliphatic rings. The second-order valence-corrected chi connectivity index (χ2v) is 7.17. The molecule has 1 amide bonds. The van der Waals surface area contributed by atoms with E-state index in [1.54, 1.807) is 47.4 Å². The van der Waals surface area contributed by atoms with Gasteiger partial charge in [0.15, 0.2) is 6.61 Å². The van der Waals surface area contributed by atoms with Crippen molar-refractivity contribution in [2.45, 2.75) is 5.37 Å². The van der Waals surface area contributed by atoms with Crippen molar-refractivity contribution in [3.63, 3.8) is 0 Å². The molecule has 0 aliphatic carbocycles.